The summed E-state index contributed by atoms with van der Waals surface area (Å²) >= 11 is 0. The third kappa shape index (κ3) is 2.22. The first-order valence-corrected chi connectivity index (χ1v) is 3.44. The van der Waals surface area contributed by atoms with Gasteiger partial charge in [0.2, 0.25) is 0 Å². The molecule has 0 aromatic rings. The summed E-state index contributed by atoms with van der Waals surface area (Å²) in [7, 11) is 0. The van der Waals surface area contributed by atoms with Crippen LogP contribution in [-0.4, -0.2) is 11.1 Å². The minimum Gasteiger partial charge on any atom is -0.481 e. The molecule has 0 bridgehead atoms. The standard InChI is InChI=1S/C7H12O2.Hg/c1-5-3-2-4-6(5)7(8)9;/h5-6H,2-4H2,1H3,(H,8,9);. The Kier molecular flexibility index (Phi) is 4.49. The first kappa shape index (κ1) is 10.4. The molecule has 0 amide bonds. The third-order valence-electron chi connectivity index (χ3n) is 2.18. The zero-order valence-electron chi connectivity index (χ0n) is 6.34. The number of rotatable bonds is 1. The van der Waals surface area contributed by atoms with Crippen LogP contribution in [0.3, 0.4) is 0 Å². The van der Waals surface area contributed by atoms with Crippen LogP contribution >= 0.6 is 0 Å². The molecule has 1 aliphatic carbocycles. The van der Waals surface area contributed by atoms with Gasteiger partial charge in [-0.25, -0.2) is 0 Å². The molecule has 2 atom stereocenters. The first-order valence-electron chi connectivity index (χ1n) is 3.44. The minimum atomic E-state index is -0.611. The fourth-order valence-corrected chi connectivity index (χ4v) is 1.51. The number of hydrogen-bond donors (Lipinski definition) is 1. The van der Waals surface area contributed by atoms with Gasteiger partial charge in [-0.3, -0.25) is 4.79 Å². The van der Waals surface area contributed by atoms with Crippen molar-refractivity contribution in [3.8, 4) is 0 Å². The van der Waals surface area contributed by atoms with Crippen molar-refractivity contribution in [1.82, 2.24) is 0 Å². The topological polar surface area (TPSA) is 37.3 Å². The van der Waals surface area contributed by atoms with Gasteiger partial charge in [0.25, 0.3) is 0 Å². The SMILES string of the molecule is CC1CCCC1C(=O)O.[Hg]. The number of carbonyl (C=O) groups is 1. The van der Waals surface area contributed by atoms with Gasteiger partial charge in [0.05, 0.1) is 5.92 Å². The molecule has 2 unspecified atom stereocenters. The van der Waals surface area contributed by atoms with E-state index in [4.69, 9.17) is 5.11 Å². The molecule has 0 aliphatic heterocycles. The quantitative estimate of drug-likeness (QED) is 0.741. The molecule has 1 fully saturated rings. The zero-order valence-corrected chi connectivity index (χ0v) is 11.8. The maximum absolute atomic E-state index is 10.4. The molecule has 54 valence electrons. The third-order valence-corrected chi connectivity index (χ3v) is 2.18. The van der Waals surface area contributed by atoms with E-state index in [1.807, 2.05) is 6.92 Å². The molecule has 2 nitrogen and oxygen atoms in total. The van der Waals surface area contributed by atoms with E-state index in [9.17, 15) is 4.79 Å². The van der Waals surface area contributed by atoms with Crippen LogP contribution in [0.15, 0.2) is 0 Å². The molecule has 10 heavy (non-hydrogen) atoms. The van der Waals surface area contributed by atoms with Crippen molar-refractivity contribution in [3.05, 3.63) is 0 Å². The Bertz CT molecular complexity index is 125. The molecule has 0 saturated heterocycles. The van der Waals surface area contributed by atoms with Gasteiger partial charge in [0, 0.05) is 27.7 Å². The van der Waals surface area contributed by atoms with E-state index >= 15 is 0 Å². The van der Waals surface area contributed by atoms with Gasteiger partial charge in [-0.15, -0.1) is 0 Å². The molecule has 0 radical (unpaired) electrons. The van der Waals surface area contributed by atoms with Crippen LogP contribution in [0.1, 0.15) is 26.2 Å². The van der Waals surface area contributed by atoms with E-state index in [1.54, 1.807) is 0 Å². The second kappa shape index (κ2) is 4.32. The summed E-state index contributed by atoms with van der Waals surface area (Å²) in [5, 5.41) is 8.58. The van der Waals surface area contributed by atoms with E-state index in [2.05, 4.69) is 0 Å². The Labute approximate surface area is 81.5 Å². The molecule has 0 aromatic carbocycles. The number of hydrogen-bond acceptors (Lipinski definition) is 1. The summed E-state index contributed by atoms with van der Waals surface area (Å²) in [5.74, 6) is -0.257. The number of carboxylic acid groups (broad SMARTS) is 1. The average molecular weight is 329 g/mol. The minimum absolute atomic E-state index is 0. The maximum Gasteiger partial charge on any atom is 0.306 e. The van der Waals surface area contributed by atoms with Crippen LogP contribution < -0.4 is 0 Å². The van der Waals surface area contributed by atoms with Crippen LogP contribution in [0.2, 0.25) is 0 Å². The van der Waals surface area contributed by atoms with Crippen molar-refractivity contribution < 1.29 is 37.6 Å². The van der Waals surface area contributed by atoms with Gasteiger partial charge in [-0.1, -0.05) is 13.3 Å². The van der Waals surface area contributed by atoms with E-state index in [-0.39, 0.29) is 33.6 Å². The van der Waals surface area contributed by atoms with Crippen molar-refractivity contribution in [2.24, 2.45) is 11.8 Å². The predicted octanol–water partition coefficient (Wildman–Crippen LogP) is 1.50. The molecular formula is C7H12HgO2. The van der Waals surface area contributed by atoms with Crippen molar-refractivity contribution in [2.45, 2.75) is 26.2 Å². The van der Waals surface area contributed by atoms with E-state index in [0.717, 1.165) is 19.3 Å². The normalized spacial score (nSPS) is 31.3. The predicted molar refractivity (Wildman–Crippen MR) is 34.1 cm³/mol. The summed E-state index contributed by atoms with van der Waals surface area (Å²) in [4.78, 5) is 10.4. The van der Waals surface area contributed by atoms with Crippen LogP contribution in [0.4, 0.5) is 0 Å². The second-order valence-electron chi connectivity index (χ2n) is 2.85. The smallest absolute Gasteiger partial charge is 0.306 e. The van der Waals surface area contributed by atoms with Crippen molar-refractivity contribution in [1.29, 1.82) is 0 Å². The summed E-state index contributed by atoms with van der Waals surface area (Å²) in [6, 6.07) is 0. The molecule has 1 saturated carbocycles. The molecule has 0 spiro atoms. The van der Waals surface area contributed by atoms with Gasteiger partial charge < -0.3 is 5.11 Å². The summed E-state index contributed by atoms with van der Waals surface area (Å²) in [6.07, 6.45) is 3.08. The largest absolute Gasteiger partial charge is 0.481 e. The van der Waals surface area contributed by atoms with Crippen LogP contribution in [0, 0.1) is 11.8 Å². The van der Waals surface area contributed by atoms with Gasteiger partial charge in [0.1, 0.15) is 0 Å². The average Bonchev–Trinajstić information content (AvgIpc) is 2.13. The van der Waals surface area contributed by atoms with Gasteiger partial charge >= 0.3 is 5.97 Å². The molecule has 0 heterocycles. The van der Waals surface area contributed by atoms with Crippen LogP contribution in [-0.2, 0) is 32.5 Å². The Morgan fingerprint density at radius 3 is 2.30 bits per heavy atom. The molecular weight excluding hydrogens is 317 g/mol. The monoisotopic (exact) mass is 330 g/mol. The zero-order chi connectivity index (χ0) is 6.85. The van der Waals surface area contributed by atoms with E-state index < -0.39 is 5.97 Å². The van der Waals surface area contributed by atoms with Crippen molar-refractivity contribution in [2.75, 3.05) is 0 Å². The summed E-state index contributed by atoms with van der Waals surface area (Å²) in [5.41, 5.74) is 0. The molecule has 0 aromatic heterocycles. The van der Waals surface area contributed by atoms with E-state index in [1.165, 1.54) is 0 Å². The van der Waals surface area contributed by atoms with Crippen molar-refractivity contribution >= 4 is 5.97 Å². The number of aliphatic carboxylic acids is 1. The molecule has 1 rings (SSSR count). The second-order valence-corrected chi connectivity index (χ2v) is 2.85. The fraction of sp³-hybridized carbons (Fsp3) is 0.857. The Hall–Kier alpha value is 0.405. The van der Waals surface area contributed by atoms with E-state index in [0.29, 0.717) is 5.92 Å². The van der Waals surface area contributed by atoms with Crippen LogP contribution in [0.5, 0.6) is 0 Å². The first-order chi connectivity index (χ1) is 4.22. The fourth-order valence-electron chi connectivity index (χ4n) is 1.51. The maximum atomic E-state index is 10.4. The molecule has 3 heteroatoms. The number of carboxylic acids is 1. The van der Waals surface area contributed by atoms with Crippen molar-refractivity contribution in [3.63, 3.8) is 0 Å². The van der Waals surface area contributed by atoms with Crippen LogP contribution in [0.25, 0.3) is 0 Å². The van der Waals surface area contributed by atoms with Gasteiger partial charge in [-0.05, 0) is 18.8 Å². The molecule has 1 aliphatic rings. The Morgan fingerprint density at radius 1 is 1.50 bits per heavy atom. The molecule has 1 N–H and O–H groups in total. The van der Waals surface area contributed by atoms with Gasteiger partial charge in [-0.2, -0.15) is 0 Å². The summed E-state index contributed by atoms with van der Waals surface area (Å²) in [6.45, 7) is 2.02. The van der Waals surface area contributed by atoms with Gasteiger partial charge in [0.15, 0.2) is 0 Å². The Morgan fingerprint density at radius 2 is 2.10 bits per heavy atom. The Balaban J connectivity index is 0.000000810. The summed E-state index contributed by atoms with van der Waals surface area (Å²) < 4.78 is 0.